The molecule has 0 saturated carbocycles. The summed E-state index contributed by atoms with van der Waals surface area (Å²) in [4.78, 5) is 0. The van der Waals surface area contributed by atoms with Crippen LogP contribution in [0.4, 0.5) is 0 Å². The van der Waals surface area contributed by atoms with Crippen LogP contribution in [0.25, 0.3) is 0 Å². The molecule has 3 heteroatoms. The van der Waals surface area contributed by atoms with Crippen LogP contribution in [0, 0.1) is 0 Å². The van der Waals surface area contributed by atoms with Crippen molar-refractivity contribution in [3.8, 4) is 0 Å². The Balaban J connectivity index is 1.43. The quantitative estimate of drug-likeness (QED) is 0.466. The third-order valence-corrected chi connectivity index (χ3v) is 6.00. The van der Waals surface area contributed by atoms with E-state index in [1.807, 2.05) is 0 Å². The Morgan fingerprint density at radius 1 is 0.667 bits per heavy atom. The number of hydrogen-bond acceptors (Lipinski definition) is 2. The number of rotatable bonds is 8. The monoisotopic (exact) mass is 364 g/mol. The first-order valence-electron chi connectivity index (χ1n) is 10.4. The molecule has 2 aromatic carbocycles. The molecule has 27 heavy (non-hydrogen) atoms. The molecule has 2 nitrogen and oxygen atoms in total. The largest absolute Gasteiger partial charge is 0.494 e. The highest BCUT2D eigenvalue weighted by Crippen LogP contribution is 2.36. The minimum atomic E-state index is -0.285. The lowest BCUT2D eigenvalue weighted by molar-refractivity contribution is 0.00578. The van der Waals surface area contributed by atoms with Crippen LogP contribution in [0.3, 0.4) is 0 Å². The summed E-state index contributed by atoms with van der Waals surface area (Å²) in [5.74, 6) is 0. The van der Waals surface area contributed by atoms with Gasteiger partial charge in [0.05, 0.1) is 11.2 Å². The molecular weight excluding hydrogens is 331 g/mol. The molecule has 1 heterocycles. The zero-order valence-electron chi connectivity index (χ0n) is 17.3. The number of benzene rings is 2. The molecular formula is C24H33BO2. The second-order valence-electron chi connectivity index (χ2n) is 8.73. The van der Waals surface area contributed by atoms with Crippen molar-refractivity contribution in [3.63, 3.8) is 0 Å². The highest BCUT2D eigenvalue weighted by Gasteiger charge is 2.51. The summed E-state index contributed by atoms with van der Waals surface area (Å²) >= 11 is 0. The lowest BCUT2D eigenvalue weighted by Crippen LogP contribution is -2.41. The minimum Gasteiger partial charge on any atom is -0.399 e. The lowest BCUT2D eigenvalue weighted by atomic mass is 9.78. The Labute approximate surface area is 165 Å². The first-order valence-corrected chi connectivity index (χ1v) is 10.4. The van der Waals surface area contributed by atoms with Crippen molar-refractivity contribution in [1.29, 1.82) is 0 Å². The zero-order chi connectivity index (χ0) is 19.3. The number of aryl methyl sites for hydroxylation is 2. The third-order valence-electron chi connectivity index (χ3n) is 6.00. The van der Waals surface area contributed by atoms with E-state index in [4.69, 9.17) is 9.31 Å². The van der Waals surface area contributed by atoms with Gasteiger partial charge in [-0.05, 0) is 70.0 Å². The van der Waals surface area contributed by atoms with Gasteiger partial charge in [-0.25, -0.2) is 0 Å². The maximum Gasteiger partial charge on any atom is 0.494 e. The van der Waals surface area contributed by atoms with E-state index in [1.54, 1.807) is 0 Å². The van der Waals surface area contributed by atoms with Crippen molar-refractivity contribution in [2.24, 2.45) is 0 Å². The summed E-state index contributed by atoms with van der Waals surface area (Å²) in [6, 6.07) is 19.5. The van der Waals surface area contributed by atoms with Gasteiger partial charge in [0.15, 0.2) is 0 Å². The van der Waals surface area contributed by atoms with Gasteiger partial charge in [0.1, 0.15) is 0 Å². The highest BCUT2D eigenvalue weighted by atomic mass is 16.7. The van der Waals surface area contributed by atoms with Gasteiger partial charge in [-0.15, -0.1) is 0 Å². The predicted molar refractivity (Wildman–Crippen MR) is 114 cm³/mol. The first kappa shape index (κ1) is 20.2. The molecule has 1 aliphatic rings. The van der Waals surface area contributed by atoms with Crippen molar-refractivity contribution in [2.75, 3.05) is 0 Å². The molecule has 3 rings (SSSR count). The fourth-order valence-electron chi connectivity index (χ4n) is 3.53. The van der Waals surface area contributed by atoms with E-state index in [2.05, 4.69) is 82.3 Å². The van der Waals surface area contributed by atoms with Crippen LogP contribution in [-0.4, -0.2) is 18.3 Å². The van der Waals surface area contributed by atoms with Crippen molar-refractivity contribution in [3.05, 3.63) is 65.7 Å². The average molecular weight is 364 g/mol. The van der Waals surface area contributed by atoms with E-state index in [-0.39, 0.29) is 18.3 Å². The summed E-state index contributed by atoms with van der Waals surface area (Å²) in [7, 11) is -0.263. The van der Waals surface area contributed by atoms with E-state index in [0.29, 0.717) is 0 Å². The summed E-state index contributed by atoms with van der Waals surface area (Å²) in [6.45, 7) is 8.41. The van der Waals surface area contributed by atoms with Crippen LogP contribution >= 0.6 is 0 Å². The van der Waals surface area contributed by atoms with Crippen LogP contribution in [0.2, 0.25) is 0 Å². The Morgan fingerprint density at radius 3 is 1.85 bits per heavy atom. The Morgan fingerprint density at radius 2 is 1.22 bits per heavy atom. The molecule has 144 valence electrons. The second kappa shape index (κ2) is 8.62. The van der Waals surface area contributed by atoms with E-state index >= 15 is 0 Å². The fraction of sp³-hybridized carbons (Fsp3) is 0.500. The van der Waals surface area contributed by atoms with Gasteiger partial charge in [0.25, 0.3) is 0 Å². The normalized spacial score (nSPS) is 18.0. The average Bonchev–Trinajstić information content (AvgIpc) is 2.87. The molecule has 0 bridgehead atoms. The Bertz CT molecular complexity index is 708. The maximum atomic E-state index is 6.18. The van der Waals surface area contributed by atoms with Gasteiger partial charge < -0.3 is 9.31 Å². The molecule has 1 aliphatic heterocycles. The summed E-state index contributed by atoms with van der Waals surface area (Å²) in [5.41, 5.74) is 3.40. The molecule has 1 saturated heterocycles. The zero-order valence-corrected chi connectivity index (χ0v) is 17.3. The summed E-state index contributed by atoms with van der Waals surface area (Å²) < 4.78 is 12.4. The summed E-state index contributed by atoms with van der Waals surface area (Å²) in [5, 5.41) is 0. The topological polar surface area (TPSA) is 18.5 Å². The predicted octanol–water partition coefficient (Wildman–Crippen LogP) is 5.33. The smallest absolute Gasteiger partial charge is 0.399 e. The van der Waals surface area contributed by atoms with Crippen molar-refractivity contribution >= 4 is 12.6 Å². The summed E-state index contributed by atoms with van der Waals surface area (Å²) in [6.07, 6.45) is 7.41. The number of unbranched alkanes of at least 4 members (excludes halogenated alkanes) is 3. The molecule has 1 fully saturated rings. The maximum absolute atomic E-state index is 6.18. The van der Waals surface area contributed by atoms with Crippen LogP contribution in [0.15, 0.2) is 54.6 Å². The standard InChI is InChI=1S/C24H33BO2/c1-23(2)24(3,4)27-25(26-23)22-18-12-17-21(19-22)16-9-6-5-8-13-20-14-10-7-11-15-20/h7,10-12,14-15,17-19H,5-6,8-9,13,16H2,1-4H3. The van der Waals surface area contributed by atoms with Gasteiger partial charge >= 0.3 is 7.12 Å². The molecule has 0 aliphatic carbocycles. The van der Waals surface area contributed by atoms with Crippen LogP contribution in [0.1, 0.15) is 64.5 Å². The van der Waals surface area contributed by atoms with Gasteiger partial charge in [-0.3, -0.25) is 0 Å². The minimum absolute atomic E-state index is 0.263. The fourth-order valence-corrected chi connectivity index (χ4v) is 3.53. The Kier molecular flexibility index (Phi) is 6.44. The van der Waals surface area contributed by atoms with Crippen LogP contribution in [0.5, 0.6) is 0 Å². The Hall–Kier alpha value is -1.58. The molecule has 0 amide bonds. The van der Waals surface area contributed by atoms with E-state index in [1.165, 1.54) is 43.2 Å². The van der Waals surface area contributed by atoms with E-state index in [0.717, 1.165) is 11.9 Å². The molecule has 0 aromatic heterocycles. The van der Waals surface area contributed by atoms with Crippen molar-refractivity contribution in [2.45, 2.75) is 77.4 Å². The van der Waals surface area contributed by atoms with Crippen LogP contribution < -0.4 is 5.46 Å². The van der Waals surface area contributed by atoms with Gasteiger partial charge in [0.2, 0.25) is 0 Å². The number of hydrogen-bond donors (Lipinski definition) is 0. The molecule has 0 radical (unpaired) electrons. The van der Waals surface area contributed by atoms with Crippen molar-refractivity contribution < 1.29 is 9.31 Å². The second-order valence-corrected chi connectivity index (χ2v) is 8.73. The highest BCUT2D eigenvalue weighted by molar-refractivity contribution is 6.62. The first-order chi connectivity index (χ1) is 12.9. The molecule has 0 unspecified atom stereocenters. The third kappa shape index (κ3) is 5.24. The molecule has 2 aromatic rings. The lowest BCUT2D eigenvalue weighted by Gasteiger charge is -2.32. The van der Waals surface area contributed by atoms with Crippen molar-refractivity contribution in [1.82, 2.24) is 0 Å². The van der Waals surface area contributed by atoms with Gasteiger partial charge in [0, 0.05) is 0 Å². The molecule has 0 N–H and O–H groups in total. The van der Waals surface area contributed by atoms with E-state index in [9.17, 15) is 0 Å². The SMILES string of the molecule is CC1(C)OB(c2cccc(CCCCCCc3ccccc3)c2)OC1(C)C. The van der Waals surface area contributed by atoms with Crippen LogP contribution in [-0.2, 0) is 22.2 Å². The van der Waals surface area contributed by atoms with Gasteiger partial charge in [-0.2, -0.15) is 0 Å². The molecule has 0 atom stereocenters. The molecule has 0 spiro atoms. The van der Waals surface area contributed by atoms with Gasteiger partial charge in [-0.1, -0.05) is 67.4 Å². The van der Waals surface area contributed by atoms with E-state index < -0.39 is 0 Å².